The van der Waals surface area contributed by atoms with Gasteiger partial charge in [-0.3, -0.25) is 14.9 Å². The number of benzene rings is 2. The summed E-state index contributed by atoms with van der Waals surface area (Å²) >= 11 is 0. The van der Waals surface area contributed by atoms with Gasteiger partial charge >= 0.3 is 0 Å². The molecule has 3 aromatic rings. The molecule has 0 saturated carbocycles. The van der Waals surface area contributed by atoms with E-state index < -0.39 is 5.91 Å². The van der Waals surface area contributed by atoms with Crippen molar-refractivity contribution in [2.24, 2.45) is 5.84 Å². The zero-order chi connectivity index (χ0) is 17.1. The van der Waals surface area contributed by atoms with Gasteiger partial charge in [0.25, 0.3) is 5.91 Å². The zero-order valence-electron chi connectivity index (χ0n) is 12.5. The highest BCUT2D eigenvalue weighted by Gasteiger charge is 2.15. The molecule has 1 heterocycles. The second kappa shape index (κ2) is 6.59. The first-order valence-electron chi connectivity index (χ1n) is 7.16. The van der Waals surface area contributed by atoms with Crippen LogP contribution in [0.3, 0.4) is 0 Å². The van der Waals surface area contributed by atoms with Gasteiger partial charge in [-0.1, -0.05) is 12.1 Å². The molecule has 0 spiro atoms. The van der Waals surface area contributed by atoms with E-state index in [4.69, 9.17) is 5.84 Å². The molecule has 0 saturated heterocycles. The van der Waals surface area contributed by atoms with Gasteiger partial charge in [0.05, 0.1) is 12.2 Å². The van der Waals surface area contributed by atoms with Crippen LogP contribution in [0.15, 0.2) is 54.6 Å². The van der Waals surface area contributed by atoms with Crippen molar-refractivity contribution in [3.05, 3.63) is 77.5 Å². The molecule has 3 N–H and O–H groups in total. The van der Waals surface area contributed by atoms with E-state index in [9.17, 15) is 13.6 Å². The molecule has 0 unspecified atom stereocenters. The van der Waals surface area contributed by atoms with E-state index in [1.165, 1.54) is 24.3 Å². The molecule has 0 aliphatic heterocycles. The van der Waals surface area contributed by atoms with Gasteiger partial charge < -0.3 is 0 Å². The highest BCUT2D eigenvalue weighted by atomic mass is 19.1. The molecule has 1 aromatic heterocycles. The molecule has 122 valence electrons. The van der Waals surface area contributed by atoms with Crippen LogP contribution < -0.4 is 11.3 Å². The quantitative estimate of drug-likeness (QED) is 0.439. The van der Waals surface area contributed by atoms with Crippen LogP contribution in [-0.2, 0) is 6.54 Å². The number of aromatic nitrogens is 2. The average molecular weight is 328 g/mol. The van der Waals surface area contributed by atoms with Gasteiger partial charge in [0, 0.05) is 5.56 Å². The second-order valence-electron chi connectivity index (χ2n) is 5.18. The number of nitrogens with zero attached hydrogens (tertiary/aromatic N) is 2. The highest BCUT2D eigenvalue weighted by Crippen LogP contribution is 2.22. The van der Waals surface area contributed by atoms with Crippen molar-refractivity contribution >= 4 is 5.91 Å². The van der Waals surface area contributed by atoms with Crippen LogP contribution in [0.4, 0.5) is 8.78 Å². The van der Waals surface area contributed by atoms with Crippen molar-refractivity contribution in [2.45, 2.75) is 6.54 Å². The van der Waals surface area contributed by atoms with E-state index in [0.29, 0.717) is 17.8 Å². The summed E-state index contributed by atoms with van der Waals surface area (Å²) in [5, 5.41) is 4.23. The fourth-order valence-corrected chi connectivity index (χ4v) is 2.34. The smallest absolute Gasteiger partial charge is 0.285 e. The highest BCUT2D eigenvalue weighted by molar-refractivity contribution is 5.93. The summed E-state index contributed by atoms with van der Waals surface area (Å²) in [6, 6.07) is 13.4. The Bertz CT molecular complexity index is 857. The van der Waals surface area contributed by atoms with E-state index in [1.807, 2.05) is 5.43 Å². The van der Waals surface area contributed by atoms with Crippen LogP contribution in [0.5, 0.6) is 0 Å². The fourth-order valence-electron chi connectivity index (χ4n) is 2.34. The number of nitrogen functional groups attached to an aromatic ring is 1. The molecule has 0 aliphatic carbocycles. The number of halogens is 2. The van der Waals surface area contributed by atoms with E-state index in [1.54, 1.807) is 35.0 Å². The summed E-state index contributed by atoms with van der Waals surface area (Å²) in [6.07, 6.45) is 0. The predicted molar refractivity (Wildman–Crippen MR) is 84.8 cm³/mol. The van der Waals surface area contributed by atoms with Crippen molar-refractivity contribution in [3.8, 4) is 11.3 Å². The van der Waals surface area contributed by atoms with Crippen molar-refractivity contribution in [2.75, 3.05) is 0 Å². The summed E-state index contributed by atoms with van der Waals surface area (Å²) in [6.45, 7) is 0.324. The summed E-state index contributed by atoms with van der Waals surface area (Å²) in [5.41, 5.74) is 4.29. The number of nitrogens with two attached hydrogens (primary N) is 1. The van der Waals surface area contributed by atoms with Gasteiger partial charge in [0.2, 0.25) is 0 Å². The van der Waals surface area contributed by atoms with E-state index in [2.05, 4.69) is 5.10 Å². The Morgan fingerprint density at radius 3 is 2.21 bits per heavy atom. The number of rotatable bonds is 4. The molecular weight excluding hydrogens is 314 g/mol. The largest absolute Gasteiger partial charge is 0.289 e. The van der Waals surface area contributed by atoms with Gasteiger partial charge in [-0.2, -0.15) is 5.10 Å². The lowest BCUT2D eigenvalue weighted by Crippen LogP contribution is -2.30. The Hall–Kier alpha value is -3.06. The van der Waals surface area contributed by atoms with Gasteiger partial charge in [0.15, 0.2) is 5.69 Å². The number of hydrazine groups is 1. The molecule has 1 amide bonds. The Kier molecular flexibility index (Phi) is 4.35. The molecule has 7 heteroatoms. The van der Waals surface area contributed by atoms with Crippen LogP contribution in [0.25, 0.3) is 11.3 Å². The maximum atomic E-state index is 13.1. The molecule has 0 atom stereocenters. The maximum Gasteiger partial charge on any atom is 0.285 e. The number of amides is 1. The van der Waals surface area contributed by atoms with E-state index >= 15 is 0 Å². The van der Waals surface area contributed by atoms with Crippen molar-refractivity contribution in [1.29, 1.82) is 0 Å². The predicted octanol–water partition coefficient (Wildman–Crippen LogP) is 2.48. The molecule has 0 fully saturated rings. The van der Waals surface area contributed by atoms with Gasteiger partial charge in [-0.25, -0.2) is 14.6 Å². The van der Waals surface area contributed by atoms with Crippen LogP contribution in [0.2, 0.25) is 0 Å². The monoisotopic (exact) mass is 328 g/mol. The maximum absolute atomic E-state index is 13.1. The number of hydrogen-bond donors (Lipinski definition) is 2. The molecule has 24 heavy (non-hydrogen) atoms. The lowest BCUT2D eigenvalue weighted by atomic mass is 10.1. The zero-order valence-corrected chi connectivity index (χ0v) is 12.5. The Morgan fingerprint density at radius 1 is 1.04 bits per heavy atom. The summed E-state index contributed by atoms with van der Waals surface area (Å²) in [5.74, 6) is 3.93. The minimum Gasteiger partial charge on any atom is -0.289 e. The summed E-state index contributed by atoms with van der Waals surface area (Å²) in [7, 11) is 0. The van der Waals surface area contributed by atoms with Crippen LogP contribution >= 0.6 is 0 Å². The molecule has 2 aromatic carbocycles. The first-order valence-corrected chi connectivity index (χ1v) is 7.16. The molecule has 0 aliphatic rings. The summed E-state index contributed by atoms with van der Waals surface area (Å²) in [4.78, 5) is 11.7. The number of nitrogens with one attached hydrogen (secondary N) is 1. The van der Waals surface area contributed by atoms with Crippen molar-refractivity contribution < 1.29 is 13.6 Å². The topological polar surface area (TPSA) is 72.9 Å². The van der Waals surface area contributed by atoms with Crippen LogP contribution in [0, 0.1) is 11.6 Å². The Morgan fingerprint density at radius 2 is 1.62 bits per heavy atom. The third kappa shape index (κ3) is 3.31. The first-order chi connectivity index (χ1) is 11.6. The third-order valence-corrected chi connectivity index (χ3v) is 3.53. The summed E-state index contributed by atoms with van der Waals surface area (Å²) < 4.78 is 27.8. The molecule has 0 bridgehead atoms. The minimum absolute atomic E-state index is 0.138. The van der Waals surface area contributed by atoms with Crippen LogP contribution in [0.1, 0.15) is 16.1 Å². The molecule has 0 radical (unpaired) electrons. The minimum atomic E-state index is -0.531. The Labute approximate surface area is 136 Å². The number of hydrogen-bond acceptors (Lipinski definition) is 3. The lowest BCUT2D eigenvalue weighted by Gasteiger charge is -2.08. The molecule has 5 nitrogen and oxygen atoms in total. The molecule has 3 rings (SSSR count). The number of carbonyl (C=O) groups excluding carboxylic acids is 1. The van der Waals surface area contributed by atoms with E-state index in [-0.39, 0.29) is 17.3 Å². The van der Waals surface area contributed by atoms with Gasteiger partial charge in [0.1, 0.15) is 11.6 Å². The van der Waals surface area contributed by atoms with Crippen molar-refractivity contribution in [3.63, 3.8) is 0 Å². The third-order valence-electron chi connectivity index (χ3n) is 3.53. The SMILES string of the molecule is NNC(=O)c1cc(-c2ccc(F)cc2)n(Cc2ccc(F)cc2)n1. The lowest BCUT2D eigenvalue weighted by molar-refractivity contribution is 0.0948. The molecular formula is C17H14F2N4O. The fraction of sp³-hybridized carbons (Fsp3) is 0.0588. The average Bonchev–Trinajstić information content (AvgIpc) is 3.01. The number of carbonyl (C=O) groups is 1. The van der Waals surface area contributed by atoms with Crippen LogP contribution in [-0.4, -0.2) is 15.7 Å². The standard InChI is InChI=1S/C17H14F2N4O/c18-13-5-1-11(2-6-13)10-23-16(9-15(22-23)17(24)21-20)12-3-7-14(19)8-4-12/h1-9H,10,20H2,(H,21,24). The normalized spacial score (nSPS) is 10.6. The second-order valence-corrected chi connectivity index (χ2v) is 5.18. The van der Waals surface area contributed by atoms with Gasteiger partial charge in [-0.05, 0) is 48.0 Å². The van der Waals surface area contributed by atoms with Gasteiger partial charge in [-0.15, -0.1) is 0 Å². The first kappa shape index (κ1) is 15.8. The Balaban J connectivity index is 2.02. The van der Waals surface area contributed by atoms with Crippen molar-refractivity contribution in [1.82, 2.24) is 15.2 Å². The van der Waals surface area contributed by atoms with E-state index in [0.717, 1.165) is 5.56 Å².